The Morgan fingerprint density at radius 2 is 2.29 bits per heavy atom. The molecule has 1 aliphatic carbocycles. The summed E-state index contributed by atoms with van der Waals surface area (Å²) in [7, 11) is 1.67. The maximum Gasteiger partial charge on any atom is 0.251 e. The van der Waals surface area contributed by atoms with Crippen molar-refractivity contribution in [2.45, 2.75) is 38.4 Å². The van der Waals surface area contributed by atoms with Gasteiger partial charge in [0.05, 0.1) is 19.4 Å². The van der Waals surface area contributed by atoms with Crippen LogP contribution in [0.25, 0.3) is 0 Å². The summed E-state index contributed by atoms with van der Waals surface area (Å²) >= 11 is 0. The first-order valence-corrected chi connectivity index (χ1v) is 5.90. The molecule has 0 saturated heterocycles. The highest BCUT2D eigenvalue weighted by Gasteiger charge is 2.21. The Labute approximate surface area is 99.8 Å². The van der Waals surface area contributed by atoms with E-state index in [0.717, 1.165) is 17.9 Å². The van der Waals surface area contributed by atoms with Crippen LogP contribution in [0.4, 0.5) is 8.78 Å². The number of rotatable bonds is 7. The monoisotopic (exact) mass is 244 g/mol. The molecule has 5 heteroatoms. The second-order valence-electron chi connectivity index (χ2n) is 4.61. The highest BCUT2D eigenvalue weighted by atomic mass is 19.3. The van der Waals surface area contributed by atoms with Crippen LogP contribution in [0, 0.1) is 0 Å². The highest BCUT2D eigenvalue weighted by Crippen LogP contribution is 2.20. The molecule has 0 radical (unpaired) electrons. The molecule has 0 bridgehead atoms. The van der Waals surface area contributed by atoms with Crippen LogP contribution >= 0.6 is 0 Å². The fourth-order valence-electron chi connectivity index (χ4n) is 1.75. The van der Waals surface area contributed by atoms with Crippen molar-refractivity contribution in [2.75, 3.05) is 13.6 Å². The Kier molecular flexibility index (Phi) is 4.12. The molecule has 0 unspecified atom stereocenters. The van der Waals surface area contributed by atoms with Gasteiger partial charge in [0.2, 0.25) is 0 Å². The van der Waals surface area contributed by atoms with Gasteiger partial charge in [-0.15, -0.1) is 0 Å². The fraction of sp³-hybridized carbons (Fsp3) is 0.667. The SMILES string of the molecule is CN(Cc1occc1CNC1CC1)CC(F)F. The summed E-state index contributed by atoms with van der Waals surface area (Å²) in [6.45, 7) is 0.967. The summed E-state index contributed by atoms with van der Waals surface area (Å²) in [5, 5.41) is 3.39. The summed E-state index contributed by atoms with van der Waals surface area (Å²) in [4.78, 5) is 1.57. The van der Waals surface area contributed by atoms with Gasteiger partial charge < -0.3 is 9.73 Å². The summed E-state index contributed by atoms with van der Waals surface area (Å²) in [6, 6.07) is 2.54. The molecule has 1 fully saturated rings. The summed E-state index contributed by atoms with van der Waals surface area (Å²) in [5.74, 6) is 0.779. The second kappa shape index (κ2) is 5.60. The van der Waals surface area contributed by atoms with Crippen LogP contribution in [0.2, 0.25) is 0 Å². The predicted octanol–water partition coefficient (Wildman–Crippen LogP) is 2.23. The zero-order valence-corrected chi connectivity index (χ0v) is 9.96. The van der Waals surface area contributed by atoms with E-state index in [1.54, 1.807) is 18.2 Å². The van der Waals surface area contributed by atoms with Crippen LogP contribution in [0.15, 0.2) is 16.7 Å². The summed E-state index contributed by atoms with van der Waals surface area (Å²) in [5.41, 5.74) is 1.07. The van der Waals surface area contributed by atoms with Crippen molar-refractivity contribution in [1.82, 2.24) is 10.2 Å². The number of hydrogen-bond acceptors (Lipinski definition) is 3. The molecule has 96 valence electrons. The molecule has 0 atom stereocenters. The number of hydrogen-bond donors (Lipinski definition) is 1. The number of nitrogens with zero attached hydrogens (tertiary/aromatic N) is 1. The zero-order valence-electron chi connectivity index (χ0n) is 9.96. The number of halogens is 2. The van der Waals surface area contributed by atoms with Crippen LogP contribution in [0.1, 0.15) is 24.2 Å². The minimum Gasteiger partial charge on any atom is -0.468 e. The molecule has 1 heterocycles. The van der Waals surface area contributed by atoms with Crippen LogP contribution in [-0.2, 0) is 13.1 Å². The van der Waals surface area contributed by atoms with E-state index in [0.29, 0.717) is 12.6 Å². The highest BCUT2D eigenvalue weighted by molar-refractivity contribution is 5.17. The van der Waals surface area contributed by atoms with Crippen LogP contribution in [0.5, 0.6) is 0 Å². The maximum atomic E-state index is 12.2. The molecule has 1 saturated carbocycles. The van der Waals surface area contributed by atoms with Crippen LogP contribution < -0.4 is 5.32 Å². The van der Waals surface area contributed by atoms with E-state index in [4.69, 9.17) is 4.42 Å². The van der Waals surface area contributed by atoms with E-state index in [-0.39, 0.29) is 6.54 Å². The van der Waals surface area contributed by atoms with Crippen molar-refractivity contribution in [2.24, 2.45) is 0 Å². The average Bonchev–Trinajstić information content (AvgIpc) is 2.96. The molecule has 17 heavy (non-hydrogen) atoms. The lowest BCUT2D eigenvalue weighted by Crippen LogP contribution is -2.25. The van der Waals surface area contributed by atoms with Gasteiger partial charge in [-0.1, -0.05) is 0 Å². The second-order valence-corrected chi connectivity index (χ2v) is 4.61. The van der Waals surface area contributed by atoms with Crippen LogP contribution in [-0.4, -0.2) is 31.0 Å². The van der Waals surface area contributed by atoms with E-state index >= 15 is 0 Å². The van der Waals surface area contributed by atoms with Gasteiger partial charge in [-0.25, -0.2) is 8.78 Å². The Balaban J connectivity index is 1.83. The van der Waals surface area contributed by atoms with Crippen molar-refractivity contribution in [3.05, 3.63) is 23.7 Å². The van der Waals surface area contributed by atoms with Gasteiger partial charge in [0.15, 0.2) is 0 Å². The number of furan rings is 1. The molecular formula is C12H18F2N2O. The molecular weight excluding hydrogens is 226 g/mol. The van der Waals surface area contributed by atoms with Crippen molar-refractivity contribution in [1.29, 1.82) is 0 Å². The van der Waals surface area contributed by atoms with E-state index in [1.807, 2.05) is 6.07 Å². The van der Waals surface area contributed by atoms with Gasteiger partial charge in [-0.05, 0) is 26.0 Å². The quantitative estimate of drug-likeness (QED) is 0.797. The lowest BCUT2D eigenvalue weighted by Gasteiger charge is -2.15. The largest absolute Gasteiger partial charge is 0.468 e. The van der Waals surface area contributed by atoms with E-state index < -0.39 is 6.43 Å². The van der Waals surface area contributed by atoms with E-state index in [2.05, 4.69) is 5.32 Å². The van der Waals surface area contributed by atoms with Crippen molar-refractivity contribution >= 4 is 0 Å². The van der Waals surface area contributed by atoms with Crippen molar-refractivity contribution < 1.29 is 13.2 Å². The first-order chi connectivity index (χ1) is 8.15. The van der Waals surface area contributed by atoms with Gasteiger partial charge in [0.1, 0.15) is 5.76 Å². The van der Waals surface area contributed by atoms with Gasteiger partial charge in [0.25, 0.3) is 6.43 Å². The molecule has 1 aromatic heterocycles. The molecule has 1 aliphatic rings. The normalized spacial score (nSPS) is 16.1. The molecule has 2 rings (SSSR count). The predicted molar refractivity (Wildman–Crippen MR) is 60.9 cm³/mol. The van der Waals surface area contributed by atoms with Crippen molar-refractivity contribution in [3.8, 4) is 0 Å². The molecule has 0 spiro atoms. The third-order valence-corrected chi connectivity index (χ3v) is 2.86. The van der Waals surface area contributed by atoms with E-state index in [9.17, 15) is 8.78 Å². The minimum absolute atomic E-state index is 0.226. The molecule has 0 amide bonds. The summed E-state index contributed by atoms with van der Waals surface area (Å²) in [6.07, 6.45) is 1.79. The Bertz CT molecular complexity index is 350. The molecule has 1 aromatic rings. The molecule has 3 nitrogen and oxygen atoms in total. The number of nitrogens with one attached hydrogen (secondary N) is 1. The van der Waals surface area contributed by atoms with Gasteiger partial charge in [-0.2, -0.15) is 0 Å². The smallest absolute Gasteiger partial charge is 0.251 e. The first kappa shape index (κ1) is 12.5. The third-order valence-electron chi connectivity index (χ3n) is 2.86. The standard InChI is InChI=1S/C12H18F2N2O/c1-16(8-12(13)14)7-11-9(4-5-17-11)6-15-10-2-3-10/h4-5,10,12,15H,2-3,6-8H2,1H3. The zero-order chi connectivity index (χ0) is 12.3. The van der Waals surface area contributed by atoms with Crippen LogP contribution in [0.3, 0.4) is 0 Å². The van der Waals surface area contributed by atoms with Crippen molar-refractivity contribution in [3.63, 3.8) is 0 Å². The summed E-state index contributed by atoms with van der Waals surface area (Å²) < 4.78 is 29.7. The molecule has 0 aromatic carbocycles. The van der Waals surface area contributed by atoms with Gasteiger partial charge in [-0.3, -0.25) is 4.90 Å². The lowest BCUT2D eigenvalue weighted by atomic mass is 10.2. The minimum atomic E-state index is -2.30. The van der Waals surface area contributed by atoms with Gasteiger partial charge in [0, 0.05) is 18.2 Å². The Hall–Kier alpha value is -0.940. The maximum absolute atomic E-state index is 12.2. The topological polar surface area (TPSA) is 28.4 Å². The Morgan fingerprint density at radius 3 is 2.94 bits per heavy atom. The third kappa shape index (κ3) is 4.09. The first-order valence-electron chi connectivity index (χ1n) is 5.90. The molecule has 1 N–H and O–H groups in total. The van der Waals surface area contributed by atoms with Gasteiger partial charge >= 0.3 is 0 Å². The Morgan fingerprint density at radius 1 is 1.53 bits per heavy atom. The fourth-order valence-corrected chi connectivity index (χ4v) is 1.75. The lowest BCUT2D eigenvalue weighted by molar-refractivity contribution is 0.0944. The van der Waals surface area contributed by atoms with E-state index in [1.165, 1.54) is 12.8 Å². The number of alkyl halides is 2. The average molecular weight is 244 g/mol. The molecule has 0 aliphatic heterocycles.